The van der Waals surface area contributed by atoms with Gasteiger partial charge in [-0.1, -0.05) is 23.9 Å². The molecule has 2 unspecified atom stereocenters. The number of amidine groups is 1. The van der Waals surface area contributed by atoms with E-state index in [1.165, 1.54) is 0 Å². The van der Waals surface area contributed by atoms with E-state index >= 15 is 0 Å². The summed E-state index contributed by atoms with van der Waals surface area (Å²) in [6.07, 6.45) is 1.16. The van der Waals surface area contributed by atoms with Gasteiger partial charge in [0.1, 0.15) is 0 Å². The Kier molecular flexibility index (Phi) is 4.14. The molecule has 6 heteroatoms. The molecule has 0 spiro atoms. The van der Waals surface area contributed by atoms with E-state index in [2.05, 4.69) is 11.9 Å². The first-order valence-corrected chi connectivity index (χ1v) is 8.52. The molecule has 5 nitrogen and oxygen atoms in total. The Morgan fingerprint density at radius 2 is 2.36 bits per heavy atom. The van der Waals surface area contributed by atoms with Crippen LogP contribution >= 0.6 is 11.8 Å². The lowest BCUT2D eigenvalue weighted by atomic mass is 9.88. The van der Waals surface area contributed by atoms with Gasteiger partial charge in [-0.25, -0.2) is 0 Å². The van der Waals surface area contributed by atoms with Crippen molar-refractivity contribution in [3.63, 3.8) is 0 Å². The maximum atomic E-state index is 12.5. The number of aliphatic imine (C=N–C) groups is 1. The topological polar surface area (TPSA) is 78.9 Å². The Balaban J connectivity index is 1.87. The van der Waals surface area contributed by atoms with Gasteiger partial charge >= 0.3 is 0 Å². The number of rotatable bonds is 2. The minimum Gasteiger partial charge on any atom is -0.391 e. The van der Waals surface area contributed by atoms with Crippen LogP contribution in [0.1, 0.15) is 35.7 Å². The zero-order chi connectivity index (χ0) is 15.7. The van der Waals surface area contributed by atoms with Crippen LogP contribution in [0.2, 0.25) is 0 Å². The van der Waals surface area contributed by atoms with E-state index in [1.54, 1.807) is 16.7 Å². The zero-order valence-corrected chi connectivity index (χ0v) is 13.5. The molecule has 3 N–H and O–H groups in total. The molecule has 0 aromatic heterocycles. The lowest BCUT2D eigenvalue weighted by Gasteiger charge is -2.30. The highest BCUT2D eigenvalue weighted by atomic mass is 32.2. The molecule has 22 heavy (non-hydrogen) atoms. The molecule has 1 fully saturated rings. The largest absolute Gasteiger partial charge is 0.391 e. The second kappa shape index (κ2) is 5.93. The molecule has 0 aliphatic carbocycles. The van der Waals surface area contributed by atoms with Crippen LogP contribution in [-0.4, -0.2) is 46.0 Å². The zero-order valence-electron chi connectivity index (χ0n) is 12.7. The second-order valence-corrected chi connectivity index (χ2v) is 7.21. The van der Waals surface area contributed by atoms with Crippen LogP contribution in [0.4, 0.5) is 0 Å². The van der Waals surface area contributed by atoms with Gasteiger partial charge in [-0.05, 0) is 37.5 Å². The molecule has 2 aliphatic heterocycles. The van der Waals surface area contributed by atoms with Crippen molar-refractivity contribution in [3.8, 4) is 0 Å². The normalized spacial score (nSPS) is 28.5. The van der Waals surface area contributed by atoms with Gasteiger partial charge in [-0.3, -0.25) is 9.79 Å². The first-order chi connectivity index (χ1) is 10.5. The quantitative estimate of drug-likeness (QED) is 0.867. The van der Waals surface area contributed by atoms with Crippen LogP contribution in [0.15, 0.2) is 29.3 Å². The van der Waals surface area contributed by atoms with Crippen LogP contribution in [0.25, 0.3) is 0 Å². The van der Waals surface area contributed by atoms with Crippen molar-refractivity contribution in [2.45, 2.75) is 31.4 Å². The molecule has 118 valence electrons. The summed E-state index contributed by atoms with van der Waals surface area (Å²) >= 11 is 1.57. The molecule has 1 amide bonds. The van der Waals surface area contributed by atoms with E-state index in [9.17, 15) is 9.90 Å². The number of β-amino-alcohol motifs (C(OH)–C–C–N with tert-alkyl or cyclic N) is 1. The number of likely N-dealkylation sites (tertiary alicyclic amines) is 1. The molecule has 1 aromatic rings. The van der Waals surface area contributed by atoms with Crippen LogP contribution in [0.3, 0.4) is 0 Å². The third-order valence-electron chi connectivity index (χ3n) is 4.38. The fraction of sp³-hybridized carbons (Fsp3) is 0.500. The Morgan fingerprint density at radius 3 is 3.05 bits per heavy atom. The Hall–Kier alpha value is -1.53. The van der Waals surface area contributed by atoms with Crippen molar-refractivity contribution >= 4 is 22.8 Å². The molecule has 1 aromatic carbocycles. The molecule has 2 aliphatic rings. The molecular weight excluding hydrogens is 298 g/mol. The minimum atomic E-state index is -0.399. The Bertz CT molecular complexity index is 619. The number of thioether (sulfide) groups is 1. The molecular formula is C16H21N3O2S. The van der Waals surface area contributed by atoms with Gasteiger partial charge in [0.05, 0.1) is 11.6 Å². The van der Waals surface area contributed by atoms with Crippen LogP contribution in [-0.2, 0) is 5.54 Å². The summed E-state index contributed by atoms with van der Waals surface area (Å²) in [5.74, 6) is 0.909. The monoisotopic (exact) mass is 319 g/mol. The fourth-order valence-electron chi connectivity index (χ4n) is 2.99. The SMILES string of the molecule is CC1(c2cccc(C(=O)N3CCC(O)C3)c2)CCSC(N)=N1. The van der Waals surface area contributed by atoms with Crippen molar-refractivity contribution in [1.29, 1.82) is 0 Å². The summed E-state index contributed by atoms with van der Waals surface area (Å²) in [5.41, 5.74) is 7.17. The van der Waals surface area contributed by atoms with Gasteiger partial charge in [0.2, 0.25) is 0 Å². The highest BCUT2D eigenvalue weighted by Crippen LogP contribution is 2.35. The maximum Gasteiger partial charge on any atom is 0.253 e. The smallest absolute Gasteiger partial charge is 0.253 e. The number of hydrogen-bond acceptors (Lipinski definition) is 5. The summed E-state index contributed by atoms with van der Waals surface area (Å²) in [6.45, 7) is 3.09. The molecule has 0 radical (unpaired) electrons. The van der Waals surface area contributed by atoms with Crippen molar-refractivity contribution in [2.75, 3.05) is 18.8 Å². The third kappa shape index (κ3) is 2.98. The Morgan fingerprint density at radius 1 is 1.55 bits per heavy atom. The van der Waals surface area contributed by atoms with Gasteiger partial charge in [0.25, 0.3) is 5.91 Å². The molecule has 1 saturated heterocycles. The van der Waals surface area contributed by atoms with Crippen molar-refractivity contribution in [3.05, 3.63) is 35.4 Å². The van der Waals surface area contributed by atoms with Crippen molar-refractivity contribution in [1.82, 2.24) is 4.90 Å². The van der Waals surface area contributed by atoms with E-state index in [1.807, 2.05) is 24.3 Å². The van der Waals surface area contributed by atoms with Crippen molar-refractivity contribution in [2.24, 2.45) is 10.7 Å². The van der Waals surface area contributed by atoms with Gasteiger partial charge in [0, 0.05) is 24.4 Å². The minimum absolute atomic E-state index is 0.0239. The molecule has 0 saturated carbocycles. The number of carbonyl (C=O) groups excluding carboxylic acids is 1. The molecule has 2 atom stereocenters. The summed E-state index contributed by atoms with van der Waals surface area (Å²) < 4.78 is 0. The van der Waals surface area contributed by atoms with Crippen LogP contribution in [0.5, 0.6) is 0 Å². The Labute approximate surface area is 134 Å². The summed E-state index contributed by atoms with van der Waals surface area (Å²) in [4.78, 5) is 18.8. The number of carbonyl (C=O) groups is 1. The van der Waals surface area contributed by atoms with E-state index in [0.717, 1.165) is 17.7 Å². The number of aliphatic hydroxyl groups is 1. The number of benzene rings is 1. The maximum absolute atomic E-state index is 12.5. The third-order valence-corrected chi connectivity index (χ3v) is 5.17. The number of nitrogens with two attached hydrogens (primary N) is 1. The molecule has 2 heterocycles. The summed E-state index contributed by atoms with van der Waals surface area (Å²) in [5, 5.41) is 10.2. The highest BCUT2D eigenvalue weighted by molar-refractivity contribution is 8.13. The molecule has 3 rings (SSSR count). The average Bonchev–Trinajstić information content (AvgIpc) is 2.93. The van der Waals surface area contributed by atoms with E-state index in [0.29, 0.717) is 30.2 Å². The van der Waals surface area contributed by atoms with Gasteiger partial charge < -0.3 is 15.7 Å². The fourth-order valence-corrected chi connectivity index (χ4v) is 3.97. The van der Waals surface area contributed by atoms with E-state index in [-0.39, 0.29) is 11.4 Å². The van der Waals surface area contributed by atoms with Crippen molar-refractivity contribution < 1.29 is 9.90 Å². The summed E-state index contributed by atoms with van der Waals surface area (Å²) in [6, 6.07) is 7.64. The second-order valence-electron chi connectivity index (χ2n) is 6.10. The number of aliphatic hydroxyl groups excluding tert-OH is 1. The first kappa shape index (κ1) is 15.4. The lowest BCUT2D eigenvalue weighted by Crippen LogP contribution is -2.31. The van der Waals surface area contributed by atoms with E-state index in [4.69, 9.17) is 5.73 Å². The van der Waals surface area contributed by atoms with Gasteiger partial charge in [-0.2, -0.15) is 0 Å². The number of nitrogens with zero attached hydrogens (tertiary/aromatic N) is 2. The number of hydrogen-bond donors (Lipinski definition) is 2. The van der Waals surface area contributed by atoms with Crippen LogP contribution < -0.4 is 5.73 Å². The van der Waals surface area contributed by atoms with Gasteiger partial charge in [-0.15, -0.1) is 0 Å². The predicted molar refractivity (Wildman–Crippen MR) is 89.0 cm³/mol. The highest BCUT2D eigenvalue weighted by Gasteiger charge is 2.31. The lowest BCUT2D eigenvalue weighted by molar-refractivity contribution is 0.0765. The average molecular weight is 319 g/mol. The van der Waals surface area contributed by atoms with E-state index < -0.39 is 6.10 Å². The summed E-state index contributed by atoms with van der Waals surface area (Å²) in [7, 11) is 0. The molecule has 0 bridgehead atoms. The first-order valence-electron chi connectivity index (χ1n) is 7.54. The van der Waals surface area contributed by atoms with Crippen LogP contribution in [0, 0.1) is 0 Å². The predicted octanol–water partition coefficient (Wildman–Crippen LogP) is 1.56. The standard InChI is InChI=1S/C16H21N3O2S/c1-16(6-8-22-15(17)18-16)12-4-2-3-11(9-12)14(21)19-7-5-13(20)10-19/h2-4,9,13,20H,5-8,10H2,1H3,(H2,17,18). The number of amides is 1. The van der Waals surface area contributed by atoms with Gasteiger partial charge in [0.15, 0.2) is 5.17 Å².